The number of aliphatic hydroxyl groups excluding tert-OH is 1. The zero-order valence-corrected chi connectivity index (χ0v) is 22.5. The van der Waals surface area contributed by atoms with E-state index in [4.69, 9.17) is 9.84 Å². The van der Waals surface area contributed by atoms with E-state index in [9.17, 15) is 9.59 Å². The van der Waals surface area contributed by atoms with E-state index < -0.39 is 0 Å². The minimum absolute atomic E-state index is 0.00466. The van der Waals surface area contributed by atoms with Gasteiger partial charge in [-0.05, 0) is 50.2 Å². The van der Waals surface area contributed by atoms with E-state index in [-0.39, 0.29) is 18.4 Å². The number of carbonyl (C=O) groups is 2. The van der Waals surface area contributed by atoms with Crippen LogP contribution in [0.1, 0.15) is 34.6 Å². The molecule has 2 saturated heterocycles. The van der Waals surface area contributed by atoms with Gasteiger partial charge in [0.25, 0.3) is 11.8 Å². The molecule has 2 amide bonds. The van der Waals surface area contributed by atoms with Crippen LogP contribution < -0.4 is 10.2 Å². The lowest BCUT2D eigenvalue weighted by Gasteiger charge is -2.36. The molecule has 10 heteroatoms. The molecule has 10 nitrogen and oxygen atoms in total. The number of hydrogen-bond acceptors (Lipinski definition) is 8. The van der Waals surface area contributed by atoms with Gasteiger partial charge in [0.2, 0.25) is 0 Å². The molecule has 2 aliphatic heterocycles. The van der Waals surface area contributed by atoms with Crippen LogP contribution in [0.5, 0.6) is 0 Å². The van der Waals surface area contributed by atoms with Gasteiger partial charge < -0.3 is 29.9 Å². The zero-order chi connectivity index (χ0) is 26.9. The van der Waals surface area contributed by atoms with Crippen molar-refractivity contribution in [1.82, 2.24) is 19.7 Å². The summed E-state index contributed by atoms with van der Waals surface area (Å²) in [6, 6.07) is 11.3. The minimum Gasteiger partial charge on any atom is -0.394 e. The third-order valence-electron chi connectivity index (χ3n) is 6.92. The number of aliphatic hydroxyl groups is 1. The predicted molar refractivity (Wildman–Crippen MR) is 148 cm³/mol. The average molecular weight is 525 g/mol. The summed E-state index contributed by atoms with van der Waals surface area (Å²) < 4.78 is 5.34. The van der Waals surface area contributed by atoms with Crippen molar-refractivity contribution in [3.8, 4) is 0 Å². The summed E-state index contributed by atoms with van der Waals surface area (Å²) in [5, 5.41) is 12.2. The third-order valence-corrected chi connectivity index (χ3v) is 6.92. The summed E-state index contributed by atoms with van der Waals surface area (Å²) in [4.78, 5) is 38.9. The van der Waals surface area contributed by atoms with E-state index in [0.29, 0.717) is 69.7 Å². The molecular weight excluding hydrogens is 484 g/mol. The van der Waals surface area contributed by atoms with Crippen molar-refractivity contribution in [2.24, 2.45) is 0 Å². The highest BCUT2D eigenvalue weighted by molar-refractivity contribution is 5.98. The van der Waals surface area contributed by atoms with Crippen LogP contribution in [0, 0.1) is 0 Å². The molecule has 38 heavy (non-hydrogen) atoms. The number of benzene rings is 1. The highest BCUT2D eigenvalue weighted by Gasteiger charge is 2.25. The number of ether oxygens (including phenoxy) is 1. The molecule has 0 unspecified atom stereocenters. The highest BCUT2D eigenvalue weighted by Crippen LogP contribution is 2.25. The van der Waals surface area contributed by atoms with Gasteiger partial charge in [0.05, 0.1) is 25.5 Å². The largest absolute Gasteiger partial charge is 0.394 e. The number of piperazine rings is 2. The van der Waals surface area contributed by atoms with Gasteiger partial charge >= 0.3 is 0 Å². The molecule has 0 saturated carbocycles. The molecule has 1 aromatic carbocycles. The maximum Gasteiger partial charge on any atom is 0.253 e. The van der Waals surface area contributed by atoms with Crippen molar-refractivity contribution in [2.45, 2.75) is 19.9 Å². The SMILES string of the molecule is CC(C)Nc1cccnc1N1CCN(C(=O)c2ccc(C(=O)N3CCN(CCOCCO)CC3)cc2)CC1. The van der Waals surface area contributed by atoms with Crippen molar-refractivity contribution in [3.63, 3.8) is 0 Å². The van der Waals surface area contributed by atoms with Crippen molar-refractivity contribution < 1.29 is 19.4 Å². The fourth-order valence-corrected chi connectivity index (χ4v) is 4.85. The Balaban J connectivity index is 1.26. The quantitative estimate of drug-likeness (QED) is 0.453. The molecule has 0 aliphatic carbocycles. The van der Waals surface area contributed by atoms with Crippen LogP contribution >= 0.6 is 0 Å². The molecule has 0 radical (unpaired) electrons. The van der Waals surface area contributed by atoms with Gasteiger partial charge in [-0.3, -0.25) is 14.5 Å². The monoisotopic (exact) mass is 524 g/mol. The van der Waals surface area contributed by atoms with E-state index in [1.54, 1.807) is 30.5 Å². The number of nitrogens with one attached hydrogen (secondary N) is 1. The van der Waals surface area contributed by atoms with Crippen LogP contribution in [0.3, 0.4) is 0 Å². The van der Waals surface area contributed by atoms with E-state index in [0.717, 1.165) is 31.1 Å². The van der Waals surface area contributed by atoms with Crippen LogP contribution in [0.4, 0.5) is 11.5 Å². The first kappa shape index (κ1) is 27.8. The molecule has 2 fully saturated rings. The topological polar surface area (TPSA) is 101 Å². The Morgan fingerprint density at radius 2 is 1.47 bits per heavy atom. The normalized spacial score (nSPS) is 16.7. The van der Waals surface area contributed by atoms with Crippen LogP contribution in [0.2, 0.25) is 0 Å². The lowest BCUT2D eigenvalue weighted by molar-refractivity contribution is 0.0486. The average Bonchev–Trinajstić information content (AvgIpc) is 2.95. The molecule has 2 aromatic rings. The zero-order valence-electron chi connectivity index (χ0n) is 22.5. The van der Waals surface area contributed by atoms with Gasteiger partial charge in [0, 0.05) is 82.3 Å². The standard InChI is InChI=1S/C28H40N6O4/c1-22(2)30-25-4-3-9-29-26(25)32-14-16-34(17-15-32)28(37)24-7-5-23(6-8-24)27(36)33-12-10-31(11-13-33)18-20-38-21-19-35/h3-9,22,30,35H,10-21H2,1-2H3. The Kier molecular flexibility index (Phi) is 9.91. The Bertz CT molecular complexity index is 1050. The maximum atomic E-state index is 13.2. The van der Waals surface area contributed by atoms with Gasteiger partial charge in [-0.15, -0.1) is 0 Å². The first-order chi connectivity index (χ1) is 18.5. The predicted octanol–water partition coefficient (Wildman–Crippen LogP) is 1.63. The molecule has 206 valence electrons. The summed E-state index contributed by atoms with van der Waals surface area (Å²) in [6.45, 7) is 11.6. The molecule has 0 atom stereocenters. The summed E-state index contributed by atoms with van der Waals surface area (Å²) in [6.07, 6.45) is 1.80. The Morgan fingerprint density at radius 1 is 0.895 bits per heavy atom. The number of amides is 2. The smallest absolute Gasteiger partial charge is 0.253 e. The van der Waals surface area contributed by atoms with Crippen molar-refractivity contribution >= 4 is 23.3 Å². The van der Waals surface area contributed by atoms with Gasteiger partial charge in [-0.25, -0.2) is 4.98 Å². The second-order valence-corrected chi connectivity index (χ2v) is 10.0. The van der Waals surface area contributed by atoms with Crippen LogP contribution in [-0.2, 0) is 4.74 Å². The van der Waals surface area contributed by atoms with Crippen LogP contribution in [0.25, 0.3) is 0 Å². The maximum absolute atomic E-state index is 13.2. The lowest BCUT2D eigenvalue weighted by atomic mass is 10.1. The van der Waals surface area contributed by atoms with E-state index >= 15 is 0 Å². The summed E-state index contributed by atoms with van der Waals surface area (Å²) in [5.74, 6) is 0.907. The Hall–Kier alpha value is -3.21. The molecule has 1 aromatic heterocycles. The number of aromatic nitrogens is 1. The van der Waals surface area contributed by atoms with E-state index in [1.807, 2.05) is 21.9 Å². The molecule has 2 N–H and O–H groups in total. The van der Waals surface area contributed by atoms with Gasteiger partial charge in [0.1, 0.15) is 0 Å². The minimum atomic E-state index is -0.0118. The first-order valence-electron chi connectivity index (χ1n) is 13.5. The van der Waals surface area contributed by atoms with Gasteiger partial charge in [-0.1, -0.05) is 0 Å². The molecule has 4 rings (SSSR count). The number of anilines is 2. The second-order valence-electron chi connectivity index (χ2n) is 10.0. The van der Waals surface area contributed by atoms with Crippen molar-refractivity contribution in [3.05, 3.63) is 53.7 Å². The Morgan fingerprint density at radius 3 is 2.03 bits per heavy atom. The first-order valence-corrected chi connectivity index (χ1v) is 13.5. The summed E-state index contributed by atoms with van der Waals surface area (Å²) in [5.41, 5.74) is 2.21. The van der Waals surface area contributed by atoms with E-state index in [1.165, 1.54) is 0 Å². The summed E-state index contributed by atoms with van der Waals surface area (Å²) in [7, 11) is 0. The van der Waals surface area contributed by atoms with Gasteiger partial charge in [-0.2, -0.15) is 0 Å². The third kappa shape index (κ3) is 7.21. The second kappa shape index (κ2) is 13.5. The number of pyridine rings is 1. The fourth-order valence-electron chi connectivity index (χ4n) is 4.85. The molecule has 0 bridgehead atoms. The lowest BCUT2D eigenvalue weighted by Crippen LogP contribution is -2.49. The van der Waals surface area contributed by atoms with Crippen LogP contribution in [-0.4, -0.2) is 121 Å². The number of hydrogen-bond donors (Lipinski definition) is 2. The molecule has 0 spiro atoms. The van der Waals surface area contributed by atoms with Crippen LogP contribution in [0.15, 0.2) is 42.6 Å². The number of rotatable bonds is 10. The van der Waals surface area contributed by atoms with Gasteiger partial charge in [0.15, 0.2) is 5.82 Å². The highest BCUT2D eigenvalue weighted by atomic mass is 16.5. The van der Waals surface area contributed by atoms with Crippen molar-refractivity contribution in [1.29, 1.82) is 0 Å². The molecule has 2 aliphatic rings. The molecule has 3 heterocycles. The van der Waals surface area contributed by atoms with Crippen molar-refractivity contribution in [2.75, 3.05) is 88.9 Å². The summed E-state index contributed by atoms with van der Waals surface area (Å²) >= 11 is 0. The number of nitrogens with zero attached hydrogens (tertiary/aromatic N) is 5. The van der Waals surface area contributed by atoms with E-state index in [2.05, 4.69) is 33.9 Å². The number of carbonyl (C=O) groups excluding carboxylic acids is 2. The fraction of sp³-hybridized carbons (Fsp3) is 0.536. The Labute approximate surface area is 225 Å². The molecular formula is C28H40N6O4.